The van der Waals surface area contributed by atoms with Crippen molar-refractivity contribution in [3.8, 4) is 5.69 Å². The van der Waals surface area contributed by atoms with Gasteiger partial charge in [-0.1, -0.05) is 86.6 Å². The lowest BCUT2D eigenvalue weighted by Crippen LogP contribution is -2.27. The van der Waals surface area contributed by atoms with E-state index in [2.05, 4.69) is 140 Å². The Labute approximate surface area is 268 Å². The fourth-order valence-corrected chi connectivity index (χ4v) is 6.36. The van der Waals surface area contributed by atoms with Gasteiger partial charge in [0.05, 0.1) is 22.1 Å². The fourth-order valence-electron chi connectivity index (χ4n) is 6.36. The van der Waals surface area contributed by atoms with Crippen molar-refractivity contribution in [1.82, 2.24) is 9.13 Å². The molecule has 2 aromatic heterocycles. The second-order valence-electron chi connectivity index (χ2n) is 16.8. The monoisotopic (exact) mass is 600 g/mol. The number of rotatable bonds is 1. The van der Waals surface area contributed by atoms with E-state index >= 15 is 0 Å². The van der Waals surface area contributed by atoms with E-state index in [4.69, 9.17) is 4.74 Å². The molecule has 0 aliphatic carbocycles. The van der Waals surface area contributed by atoms with Crippen LogP contribution in [0.5, 0.6) is 0 Å². The summed E-state index contributed by atoms with van der Waals surface area (Å²) in [4.78, 5) is 13.9. The van der Waals surface area contributed by atoms with Crippen molar-refractivity contribution < 1.29 is 9.53 Å². The summed E-state index contributed by atoms with van der Waals surface area (Å²) in [6.07, 6.45) is -0.359. The van der Waals surface area contributed by atoms with Gasteiger partial charge in [0.15, 0.2) is 0 Å². The predicted octanol–water partition coefficient (Wildman–Crippen LogP) is 11.6. The molecule has 0 fully saturated rings. The molecule has 4 aromatic carbocycles. The third-order valence-electron chi connectivity index (χ3n) is 8.95. The molecule has 0 bridgehead atoms. The van der Waals surface area contributed by atoms with Crippen LogP contribution in [0.25, 0.3) is 49.3 Å². The molecule has 6 aromatic rings. The number of hydrogen-bond acceptors (Lipinski definition) is 2. The number of hydrogen-bond donors (Lipinski definition) is 0. The molecule has 0 aliphatic rings. The zero-order valence-corrected chi connectivity index (χ0v) is 29.1. The highest BCUT2D eigenvalue weighted by Crippen LogP contribution is 2.41. The van der Waals surface area contributed by atoms with Crippen molar-refractivity contribution in [2.24, 2.45) is 0 Å². The van der Waals surface area contributed by atoms with Crippen LogP contribution < -0.4 is 0 Å². The summed E-state index contributed by atoms with van der Waals surface area (Å²) >= 11 is 0. The second kappa shape index (κ2) is 9.97. The topological polar surface area (TPSA) is 36.2 Å². The smallest absolute Gasteiger partial charge is 0.419 e. The number of fused-ring (bicyclic) bond motifs is 6. The second-order valence-corrected chi connectivity index (χ2v) is 16.8. The Morgan fingerprint density at radius 2 is 0.911 bits per heavy atom. The first kappa shape index (κ1) is 31.0. The quantitative estimate of drug-likeness (QED) is 0.188. The van der Waals surface area contributed by atoms with E-state index in [0.717, 1.165) is 43.9 Å². The Morgan fingerprint density at radius 1 is 0.489 bits per heavy atom. The van der Waals surface area contributed by atoms with Crippen LogP contribution in [0.1, 0.15) is 99.8 Å². The van der Waals surface area contributed by atoms with Gasteiger partial charge in [-0.25, -0.2) is 9.36 Å². The molecule has 0 saturated heterocycles. The maximum atomic E-state index is 13.9. The third kappa shape index (κ3) is 5.43. The number of nitrogens with zero attached hydrogens (tertiary/aromatic N) is 2. The maximum Gasteiger partial charge on any atom is 0.419 e. The lowest BCUT2D eigenvalue weighted by atomic mass is 9.86. The number of carbonyl (C=O) groups excluding carboxylic acids is 1. The van der Waals surface area contributed by atoms with Gasteiger partial charge in [0.1, 0.15) is 5.60 Å². The summed E-state index contributed by atoms with van der Waals surface area (Å²) < 4.78 is 10.1. The third-order valence-corrected chi connectivity index (χ3v) is 8.95. The molecule has 0 atom stereocenters. The Bertz CT molecular complexity index is 2110. The maximum absolute atomic E-state index is 13.9. The van der Waals surface area contributed by atoms with Gasteiger partial charge in [-0.2, -0.15) is 0 Å². The SMILES string of the molecule is CC(C)(C)OC(=O)n1c2ccc(C(C)(C)C)cc2c2cc3c(cc21)c1cc(C(C)(C)C)ccc1n3-c1ccc(C(C)(C)C)cc1. The van der Waals surface area contributed by atoms with Crippen LogP contribution >= 0.6 is 0 Å². The minimum Gasteiger partial charge on any atom is -0.443 e. The Morgan fingerprint density at radius 3 is 1.42 bits per heavy atom. The number of ether oxygens (including phenoxy) is 1. The first-order valence-corrected chi connectivity index (χ1v) is 16.2. The largest absolute Gasteiger partial charge is 0.443 e. The van der Waals surface area contributed by atoms with E-state index in [-0.39, 0.29) is 22.3 Å². The first-order valence-electron chi connectivity index (χ1n) is 16.2. The van der Waals surface area contributed by atoms with Crippen molar-refractivity contribution in [2.75, 3.05) is 0 Å². The van der Waals surface area contributed by atoms with Gasteiger partial charge in [-0.3, -0.25) is 0 Å². The zero-order valence-electron chi connectivity index (χ0n) is 29.1. The summed E-state index contributed by atoms with van der Waals surface area (Å²) in [6, 6.07) is 26.8. The molecule has 0 saturated carbocycles. The summed E-state index contributed by atoms with van der Waals surface area (Å²) in [6.45, 7) is 25.9. The summed E-state index contributed by atoms with van der Waals surface area (Å²) in [5.74, 6) is 0. The number of aromatic nitrogens is 2. The summed E-state index contributed by atoms with van der Waals surface area (Å²) in [5, 5.41) is 4.39. The van der Waals surface area contributed by atoms with Crippen molar-refractivity contribution >= 4 is 49.7 Å². The van der Waals surface area contributed by atoms with E-state index in [1.165, 1.54) is 22.1 Å². The van der Waals surface area contributed by atoms with Crippen molar-refractivity contribution in [2.45, 2.75) is 105 Å². The first-order chi connectivity index (χ1) is 20.7. The molecule has 0 unspecified atom stereocenters. The van der Waals surface area contributed by atoms with Crippen molar-refractivity contribution in [1.29, 1.82) is 0 Å². The van der Waals surface area contributed by atoms with Gasteiger partial charge in [0.2, 0.25) is 0 Å². The molecular weight excluding hydrogens is 552 g/mol. The summed E-state index contributed by atoms with van der Waals surface area (Å²) in [5.41, 5.74) is 8.34. The average Bonchev–Trinajstić information content (AvgIpc) is 3.40. The molecule has 45 heavy (non-hydrogen) atoms. The van der Waals surface area contributed by atoms with E-state index in [0.29, 0.717) is 0 Å². The minimum absolute atomic E-state index is 0.00413. The molecule has 2 heterocycles. The molecule has 0 N–H and O–H groups in total. The molecule has 4 heteroatoms. The molecule has 0 radical (unpaired) electrons. The Balaban J connectivity index is 1.76. The van der Waals surface area contributed by atoms with E-state index < -0.39 is 5.60 Å². The zero-order chi connectivity index (χ0) is 32.9. The van der Waals surface area contributed by atoms with Gasteiger partial charge < -0.3 is 9.30 Å². The molecule has 0 aliphatic heterocycles. The van der Waals surface area contributed by atoms with Crippen LogP contribution in [0.4, 0.5) is 4.79 Å². The average molecular weight is 601 g/mol. The minimum atomic E-state index is -0.619. The molecule has 6 rings (SSSR count). The fraction of sp³-hybridized carbons (Fsp3) is 0.390. The van der Waals surface area contributed by atoms with Crippen LogP contribution in [0.2, 0.25) is 0 Å². The van der Waals surface area contributed by atoms with Gasteiger partial charge in [-0.05, 0) is 102 Å². The van der Waals surface area contributed by atoms with Gasteiger partial charge in [-0.15, -0.1) is 0 Å². The van der Waals surface area contributed by atoms with Crippen molar-refractivity contribution in [3.63, 3.8) is 0 Å². The molecular formula is C41H48N2O2. The Kier molecular flexibility index (Phi) is 6.86. The van der Waals surface area contributed by atoms with E-state index in [1.807, 2.05) is 20.8 Å². The lowest BCUT2D eigenvalue weighted by molar-refractivity contribution is 0.0551. The number of benzene rings is 4. The van der Waals surface area contributed by atoms with Crippen molar-refractivity contribution in [3.05, 3.63) is 89.5 Å². The predicted molar refractivity (Wildman–Crippen MR) is 192 cm³/mol. The summed E-state index contributed by atoms with van der Waals surface area (Å²) in [7, 11) is 0. The van der Waals surface area contributed by atoms with Crippen LogP contribution in [0.15, 0.2) is 72.8 Å². The molecule has 4 nitrogen and oxygen atoms in total. The molecule has 0 amide bonds. The van der Waals surface area contributed by atoms with E-state index in [1.54, 1.807) is 4.57 Å². The Hall–Kier alpha value is -4.05. The number of carbonyl (C=O) groups is 1. The molecule has 0 spiro atoms. The van der Waals surface area contributed by atoms with Gasteiger partial charge >= 0.3 is 6.09 Å². The van der Waals surface area contributed by atoms with Crippen LogP contribution in [0, 0.1) is 0 Å². The van der Waals surface area contributed by atoms with Gasteiger partial charge in [0.25, 0.3) is 0 Å². The van der Waals surface area contributed by atoms with Crippen LogP contribution in [-0.2, 0) is 21.0 Å². The highest BCUT2D eigenvalue weighted by Gasteiger charge is 2.26. The van der Waals surface area contributed by atoms with Crippen LogP contribution in [-0.4, -0.2) is 20.8 Å². The van der Waals surface area contributed by atoms with Crippen LogP contribution in [0.3, 0.4) is 0 Å². The highest BCUT2D eigenvalue weighted by atomic mass is 16.6. The molecule has 234 valence electrons. The standard InChI is InChI=1S/C41H48N2O2/c1-38(2,3)25-13-17-28(18-14-25)42-33-19-15-26(39(4,5)6)21-29(33)31-24-36-32(23-35(31)42)30-22-27(40(7,8)9)16-20-34(30)43(36)37(44)45-41(10,11)12/h13-24H,1-12H3. The lowest BCUT2D eigenvalue weighted by Gasteiger charge is -2.21. The van der Waals surface area contributed by atoms with E-state index in [9.17, 15) is 4.79 Å². The highest BCUT2D eigenvalue weighted by molar-refractivity contribution is 6.20. The van der Waals surface area contributed by atoms with Gasteiger partial charge in [0, 0.05) is 27.2 Å². The normalized spacial score (nSPS) is 13.4.